The summed E-state index contributed by atoms with van der Waals surface area (Å²) in [5.41, 5.74) is 1.39. The lowest BCUT2D eigenvalue weighted by Gasteiger charge is -2.15. The smallest absolute Gasteiger partial charge is 0.119 e. The molecule has 0 radical (unpaired) electrons. The predicted molar refractivity (Wildman–Crippen MR) is 78.2 cm³/mol. The summed E-state index contributed by atoms with van der Waals surface area (Å²) in [5, 5.41) is 3.48. The number of nitrogens with one attached hydrogen (secondary N) is 1. The van der Waals surface area contributed by atoms with E-state index >= 15 is 0 Å². The Hall–Kier alpha value is -1.02. The summed E-state index contributed by atoms with van der Waals surface area (Å²) in [6.07, 6.45) is 2.17. The molecule has 1 N–H and O–H groups in total. The number of hydrogen-bond acceptors (Lipinski definition) is 2. The van der Waals surface area contributed by atoms with E-state index in [1.165, 1.54) is 5.56 Å². The van der Waals surface area contributed by atoms with Gasteiger partial charge in [-0.1, -0.05) is 39.8 Å². The van der Waals surface area contributed by atoms with Crippen molar-refractivity contribution in [2.24, 2.45) is 5.92 Å². The van der Waals surface area contributed by atoms with Gasteiger partial charge in [-0.15, -0.1) is 0 Å². The molecule has 0 saturated carbocycles. The van der Waals surface area contributed by atoms with Crippen molar-refractivity contribution in [2.75, 3.05) is 13.2 Å². The Bertz CT molecular complexity index is 318. The Morgan fingerprint density at radius 3 is 2.33 bits per heavy atom. The summed E-state index contributed by atoms with van der Waals surface area (Å²) in [7, 11) is 0. The Morgan fingerprint density at radius 2 is 1.78 bits per heavy atom. The molecule has 1 aromatic rings. The van der Waals surface area contributed by atoms with Gasteiger partial charge >= 0.3 is 0 Å². The first-order valence-electron chi connectivity index (χ1n) is 7.07. The number of rotatable bonds is 8. The minimum atomic E-state index is 0.567. The molecule has 0 aliphatic carbocycles. The summed E-state index contributed by atoms with van der Waals surface area (Å²) >= 11 is 0. The van der Waals surface area contributed by atoms with Crippen molar-refractivity contribution in [1.82, 2.24) is 5.32 Å². The molecule has 0 saturated heterocycles. The average molecular weight is 249 g/mol. The topological polar surface area (TPSA) is 21.3 Å². The maximum absolute atomic E-state index is 5.58. The molecule has 2 heteroatoms. The van der Waals surface area contributed by atoms with Crippen LogP contribution in [0.2, 0.25) is 0 Å². The zero-order chi connectivity index (χ0) is 13.4. The minimum Gasteiger partial charge on any atom is -0.494 e. The van der Waals surface area contributed by atoms with E-state index in [2.05, 4.69) is 57.3 Å². The van der Waals surface area contributed by atoms with E-state index in [0.29, 0.717) is 12.0 Å². The van der Waals surface area contributed by atoms with Crippen LogP contribution in [0.15, 0.2) is 24.3 Å². The second kappa shape index (κ2) is 8.15. The van der Waals surface area contributed by atoms with E-state index in [9.17, 15) is 0 Å². The Balaban J connectivity index is 2.38. The molecule has 0 aliphatic heterocycles. The first-order valence-corrected chi connectivity index (χ1v) is 7.07. The van der Waals surface area contributed by atoms with Crippen LogP contribution in [-0.2, 0) is 6.42 Å². The number of ether oxygens (including phenoxy) is 1. The number of benzene rings is 1. The second-order valence-corrected chi connectivity index (χ2v) is 5.36. The van der Waals surface area contributed by atoms with Crippen LogP contribution in [0.25, 0.3) is 0 Å². The molecular formula is C16H27NO. The molecule has 0 aromatic heterocycles. The fourth-order valence-corrected chi connectivity index (χ4v) is 1.85. The summed E-state index contributed by atoms with van der Waals surface area (Å²) in [6.45, 7) is 10.7. The quantitative estimate of drug-likeness (QED) is 0.759. The van der Waals surface area contributed by atoms with Gasteiger partial charge in [0.25, 0.3) is 0 Å². The van der Waals surface area contributed by atoms with Gasteiger partial charge in [0, 0.05) is 6.04 Å². The molecule has 0 heterocycles. The van der Waals surface area contributed by atoms with Crippen LogP contribution in [0, 0.1) is 5.92 Å². The van der Waals surface area contributed by atoms with E-state index in [1.54, 1.807) is 0 Å². The summed E-state index contributed by atoms with van der Waals surface area (Å²) in [6, 6.07) is 9.08. The summed E-state index contributed by atoms with van der Waals surface area (Å²) in [5.74, 6) is 1.64. The van der Waals surface area contributed by atoms with E-state index in [-0.39, 0.29) is 0 Å². The highest BCUT2D eigenvalue weighted by Gasteiger charge is 2.04. The predicted octanol–water partition coefficient (Wildman–Crippen LogP) is 3.65. The normalized spacial score (nSPS) is 12.7. The maximum atomic E-state index is 5.58. The van der Waals surface area contributed by atoms with Crippen LogP contribution in [0.4, 0.5) is 0 Å². The van der Waals surface area contributed by atoms with Crippen LogP contribution < -0.4 is 10.1 Å². The lowest BCUT2D eigenvalue weighted by atomic mass is 10.0. The van der Waals surface area contributed by atoms with Crippen LogP contribution >= 0.6 is 0 Å². The Kier molecular flexibility index (Phi) is 6.81. The van der Waals surface area contributed by atoms with Crippen molar-refractivity contribution in [3.8, 4) is 5.75 Å². The van der Waals surface area contributed by atoms with Crippen LogP contribution in [0.5, 0.6) is 5.75 Å². The Labute approximate surface area is 112 Å². The van der Waals surface area contributed by atoms with E-state index in [1.807, 2.05) is 0 Å². The molecule has 0 fully saturated rings. The first-order chi connectivity index (χ1) is 8.61. The molecule has 0 aliphatic rings. The SMILES string of the molecule is CCCOc1ccc(CC(C)CNC(C)C)cc1. The summed E-state index contributed by atoms with van der Waals surface area (Å²) < 4.78 is 5.58. The molecule has 1 aromatic carbocycles. The van der Waals surface area contributed by atoms with Gasteiger partial charge in [0.2, 0.25) is 0 Å². The lowest BCUT2D eigenvalue weighted by molar-refractivity contribution is 0.317. The van der Waals surface area contributed by atoms with Gasteiger partial charge in [-0.3, -0.25) is 0 Å². The third kappa shape index (κ3) is 6.06. The zero-order valence-corrected chi connectivity index (χ0v) is 12.2. The van der Waals surface area contributed by atoms with Gasteiger partial charge in [-0.2, -0.15) is 0 Å². The monoisotopic (exact) mass is 249 g/mol. The van der Waals surface area contributed by atoms with Crippen LogP contribution in [-0.4, -0.2) is 19.2 Å². The molecule has 0 amide bonds. The second-order valence-electron chi connectivity index (χ2n) is 5.36. The molecule has 1 unspecified atom stereocenters. The highest BCUT2D eigenvalue weighted by molar-refractivity contribution is 5.27. The summed E-state index contributed by atoms with van der Waals surface area (Å²) in [4.78, 5) is 0. The van der Waals surface area contributed by atoms with Crippen LogP contribution in [0.1, 0.15) is 39.7 Å². The Morgan fingerprint density at radius 1 is 1.11 bits per heavy atom. The van der Waals surface area contributed by atoms with E-state index < -0.39 is 0 Å². The molecule has 0 bridgehead atoms. The van der Waals surface area contributed by atoms with Gasteiger partial charge in [-0.05, 0) is 43.0 Å². The van der Waals surface area contributed by atoms with Crippen molar-refractivity contribution in [3.05, 3.63) is 29.8 Å². The molecular weight excluding hydrogens is 222 g/mol. The average Bonchev–Trinajstić information content (AvgIpc) is 2.35. The lowest BCUT2D eigenvalue weighted by Crippen LogP contribution is -2.28. The zero-order valence-electron chi connectivity index (χ0n) is 12.2. The maximum Gasteiger partial charge on any atom is 0.119 e. The third-order valence-corrected chi connectivity index (χ3v) is 2.85. The van der Waals surface area contributed by atoms with Crippen molar-refractivity contribution in [1.29, 1.82) is 0 Å². The molecule has 18 heavy (non-hydrogen) atoms. The standard InChI is InChI=1S/C16H27NO/c1-5-10-18-16-8-6-15(7-9-16)11-14(4)12-17-13(2)3/h6-9,13-14,17H,5,10-12H2,1-4H3. The van der Waals surface area contributed by atoms with Gasteiger partial charge in [0.05, 0.1) is 6.61 Å². The first kappa shape index (κ1) is 15.0. The molecule has 0 spiro atoms. The fourth-order valence-electron chi connectivity index (χ4n) is 1.85. The van der Waals surface area contributed by atoms with E-state index in [4.69, 9.17) is 4.74 Å². The van der Waals surface area contributed by atoms with Gasteiger partial charge in [-0.25, -0.2) is 0 Å². The highest BCUT2D eigenvalue weighted by Crippen LogP contribution is 2.15. The van der Waals surface area contributed by atoms with Crippen molar-refractivity contribution in [2.45, 2.75) is 46.6 Å². The van der Waals surface area contributed by atoms with E-state index in [0.717, 1.165) is 31.7 Å². The largest absolute Gasteiger partial charge is 0.494 e. The molecule has 1 rings (SSSR count). The van der Waals surface area contributed by atoms with Crippen molar-refractivity contribution >= 4 is 0 Å². The fraction of sp³-hybridized carbons (Fsp3) is 0.625. The van der Waals surface area contributed by atoms with Crippen molar-refractivity contribution in [3.63, 3.8) is 0 Å². The third-order valence-electron chi connectivity index (χ3n) is 2.85. The molecule has 2 nitrogen and oxygen atoms in total. The number of hydrogen-bond donors (Lipinski definition) is 1. The van der Waals surface area contributed by atoms with Gasteiger partial charge in [0.15, 0.2) is 0 Å². The minimum absolute atomic E-state index is 0.567. The highest BCUT2D eigenvalue weighted by atomic mass is 16.5. The van der Waals surface area contributed by atoms with Gasteiger partial charge in [0.1, 0.15) is 5.75 Å². The molecule has 1 atom stereocenters. The van der Waals surface area contributed by atoms with Gasteiger partial charge < -0.3 is 10.1 Å². The van der Waals surface area contributed by atoms with Crippen molar-refractivity contribution < 1.29 is 4.74 Å². The molecule has 102 valence electrons. The van der Waals surface area contributed by atoms with Crippen LogP contribution in [0.3, 0.4) is 0 Å².